The standard InChI is InChI=1S/C12H20N2O2/c15-12-8-16-11-6-13-5-10(11)14(12)7-9-3-1-2-4-9/h9-11,13H,1-8H2/t10-,11-/m1/s1. The normalized spacial score (nSPS) is 35.8. The number of carbonyl (C=O) groups is 1. The first-order valence-electron chi connectivity index (χ1n) is 6.46. The topological polar surface area (TPSA) is 41.6 Å². The van der Waals surface area contributed by atoms with Crippen molar-refractivity contribution in [3.05, 3.63) is 0 Å². The van der Waals surface area contributed by atoms with Crippen molar-refractivity contribution in [3.8, 4) is 0 Å². The summed E-state index contributed by atoms with van der Waals surface area (Å²) in [4.78, 5) is 14.0. The van der Waals surface area contributed by atoms with Gasteiger partial charge in [-0.3, -0.25) is 4.79 Å². The largest absolute Gasteiger partial charge is 0.365 e. The van der Waals surface area contributed by atoms with Gasteiger partial charge < -0.3 is 15.0 Å². The van der Waals surface area contributed by atoms with Crippen LogP contribution in [0.4, 0.5) is 0 Å². The van der Waals surface area contributed by atoms with Gasteiger partial charge in [0.1, 0.15) is 6.61 Å². The number of rotatable bonds is 2. The van der Waals surface area contributed by atoms with E-state index in [0.717, 1.165) is 25.6 Å². The smallest absolute Gasteiger partial charge is 0.248 e. The second kappa shape index (κ2) is 4.34. The summed E-state index contributed by atoms with van der Waals surface area (Å²) in [5, 5.41) is 3.32. The molecule has 16 heavy (non-hydrogen) atoms. The molecular formula is C12H20N2O2. The van der Waals surface area contributed by atoms with Crippen molar-refractivity contribution in [1.82, 2.24) is 10.2 Å². The fourth-order valence-electron chi connectivity index (χ4n) is 3.28. The van der Waals surface area contributed by atoms with Crippen LogP contribution in [0.15, 0.2) is 0 Å². The Morgan fingerprint density at radius 3 is 2.94 bits per heavy atom. The van der Waals surface area contributed by atoms with Crippen LogP contribution < -0.4 is 5.32 Å². The summed E-state index contributed by atoms with van der Waals surface area (Å²) in [6.45, 7) is 3.06. The SMILES string of the molecule is O=C1CO[C@@H]2CNC[C@H]2N1CC1CCCC1. The lowest BCUT2D eigenvalue weighted by Crippen LogP contribution is -2.55. The first kappa shape index (κ1) is 10.5. The molecule has 2 aliphatic heterocycles. The molecular weight excluding hydrogens is 204 g/mol. The number of amides is 1. The molecule has 0 aromatic carbocycles. The van der Waals surface area contributed by atoms with Crippen molar-refractivity contribution < 1.29 is 9.53 Å². The van der Waals surface area contributed by atoms with Crippen molar-refractivity contribution in [3.63, 3.8) is 0 Å². The van der Waals surface area contributed by atoms with Crippen LogP contribution in [0.2, 0.25) is 0 Å². The highest BCUT2D eigenvalue weighted by Crippen LogP contribution is 2.28. The van der Waals surface area contributed by atoms with Crippen LogP contribution in [0.25, 0.3) is 0 Å². The fourth-order valence-corrected chi connectivity index (χ4v) is 3.28. The van der Waals surface area contributed by atoms with E-state index in [1.165, 1.54) is 25.7 Å². The molecule has 4 heteroatoms. The minimum absolute atomic E-state index is 0.192. The fraction of sp³-hybridized carbons (Fsp3) is 0.917. The van der Waals surface area contributed by atoms with Gasteiger partial charge in [-0.05, 0) is 18.8 Å². The lowest BCUT2D eigenvalue weighted by molar-refractivity contribution is -0.153. The Labute approximate surface area is 96.3 Å². The van der Waals surface area contributed by atoms with Crippen molar-refractivity contribution in [2.75, 3.05) is 26.2 Å². The number of hydrogen-bond donors (Lipinski definition) is 1. The molecule has 2 heterocycles. The molecule has 4 nitrogen and oxygen atoms in total. The van der Waals surface area contributed by atoms with E-state index in [1.54, 1.807) is 0 Å². The van der Waals surface area contributed by atoms with Gasteiger partial charge in [-0.1, -0.05) is 12.8 Å². The van der Waals surface area contributed by atoms with E-state index in [1.807, 2.05) is 0 Å². The van der Waals surface area contributed by atoms with Crippen molar-refractivity contribution in [1.29, 1.82) is 0 Å². The van der Waals surface area contributed by atoms with Crippen LogP contribution >= 0.6 is 0 Å². The van der Waals surface area contributed by atoms with Crippen LogP contribution in [0.1, 0.15) is 25.7 Å². The first-order valence-corrected chi connectivity index (χ1v) is 6.46. The number of fused-ring (bicyclic) bond motifs is 1. The molecule has 0 radical (unpaired) electrons. The molecule has 3 fully saturated rings. The van der Waals surface area contributed by atoms with E-state index in [0.29, 0.717) is 6.04 Å². The third kappa shape index (κ3) is 1.84. The maximum atomic E-state index is 11.9. The maximum Gasteiger partial charge on any atom is 0.248 e. The minimum Gasteiger partial charge on any atom is -0.365 e. The molecule has 1 N–H and O–H groups in total. The number of nitrogens with zero attached hydrogens (tertiary/aromatic N) is 1. The predicted octanol–water partition coefficient (Wildman–Crippen LogP) is 0.376. The third-order valence-electron chi connectivity index (χ3n) is 4.20. The molecule has 90 valence electrons. The summed E-state index contributed by atoms with van der Waals surface area (Å²) < 4.78 is 5.56. The zero-order valence-corrected chi connectivity index (χ0v) is 9.65. The molecule has 2 atom stereocenters. The Hall–Kier alpha value is -0.610. The molecule has 0 spiro atoms. The maximum absolute atomic E-state index is 11.9. The molecule has 0 aromatic heterocycles. The Balaban J connectivity index is 1.67. The summed E-state index contributed by atoms with van der Waals surface area (Å²) in [5.41, 5.74) is 0. The average molecular weight is 224 g/mol. The number of ether oxygens (including phenoxy) is 1. The van der Waals surface area contributed by atoms with Gasteiger partial charge in [-0.15, -0.1) is 0 Å². The van der Waals surface area contributed by atoms with Gasteiger partial charge >= 0.3 is 0 Å². The second-order valence-corrected chi connectivity index (χ2v) is 5.27. The van der Waals surface area contributed by atoms with Crippen LogP contribution in [-0.4, -0.2) is 49.2 Å². The lowest BCUT2D eigenvalue weighted by Gasteiger charge is -2.38. The van der Waals surface area contributed by atoms with Gasteiger partial charge in [0.25, 0.3) is 0 Å². The molecule has 1 amide bonds. The van der Waals surface area contributed by atoms with E-state index in [2.05, 4.69) is 10.2 Å². The summed E-state index contributed by atoms with van der Waals surface area (Å²) in [7, 11) is 0. The summed E-state index contributed by atoms with van der Waals surface area (Å²) in [5.74, 6) is 0.931. The Bertz CT molecular complexity index is 276. The van der Waals surface area contributed by atoms with Crippen molar-refractivity contribution >= 4 is 5.91 Å². The quantitative estimate of drug-likeness (QED) is 0.737. The van der Waals surface area contributed by atoms with Gasteiger partial charge in [0.05, 0.1) is 12.1 Å². The highest BCUT2D eigenvalue weighted by Gasteiger charge is 2.40. The van der Waals surface area contributed by atoms with E-state index < -0.39 is 0 Å². The Morgan fingerprint density at radius 1 is 1.31 bits per heavy atom. The van der Waals surface area contributed by atoms with Crippen LogP contribution in [0.3, 0.4) is 0 Å². The van der Waals surface area contributed by atoms with Gasteiger partial charge in [0.2, 0.25) is 5.91 Å². The number of hydrogen-bond acceptors (Lipinski definition) is 3. The first-order chi connectivity index (χ1) is 7.84. The number of carbonyl (C=O) groups excluding carboxylic acids is 1. The van der Waals surface area contributed by atoms with Crippen molar-refractivity contribution in [2.45, 2.75) is 37.8 Å². The summed E-state index contributed by atoms with van der Waals surface area (Å²) in [6.07, 6.45) is 5.52. The third-order valence-corrected chi connectivity index (χ3v) is 4.20. The van der Waals surface area contributed by atoms with Crippen molar-refractivity contribution in [2.24, 2.45) is 5.92 Å². The number of nitrogens with one attached hydrogen (secondary N) is 1. The molecule has 0 unspecified atom stereocenters. The molecule has 1 aliphatic carbocycles. The van der Waals surface area contributed by atoms with E-state index >= 15 is 0 Å². The van der Waals surface area contributed by atoms with Crippen LogP contribution in [0.5, 0.6) is 0 Å². The molecule has 1 saturated carbocycles. The van der Waals surface area contributed by atoms with Gasteiger partial charge in [0, 0.05) is 19.6 Å². The molecule has 0 aromatic rings. The summed E-state index contributed by atoms with van der Waals surface area (Å²) in [6, 6.07) is 0.293. The van der Waals surface area contributed by atoms with Crippen LogP contribution in [0, 0.1) is 5.92 Å². The zero-order chi connectivity index (χ0) is 11.0. The number of morpholine rings is 1. The minimum atomic E-state index is 0.192. The second-order valence-electron chi connectivity index (χ2n) is 5.27. The Kier molecular flexibility index (Phi) is 2.86. The van der Waals surface area contributed by atoms with Gasteiger partial charge in [-0.2, -0.15) is 0 Å². The highest BCUT2D eigenvalue weighted by atomic mass is 16.5. The molecule has 0 bridgehead atoms. The molecule has 3 rings (SSSR count). The highest BCUT2D eigenvalue weighted by molar-refractivity contribution is 5.78. The van der Waals surface area contributed by atoms with Crippen LogP contribution in [-0.2, 0) is 9.53 Å². The summed E-state index contributed by atoms with van der Waals surface area (Å²) >= 11 is 0. The lowest BCUT2D eigenvalue weighted by atomic mass is 10.0. The van der Waals surface area contributed by atoms with Gasteiger partial charge in [0.15, 0.2) is 0 Å². The predicted molar refractivity (Wildman–Crippen MR) is 60.1 cm³/mol. The van der Waals surface area contributed by atoms with Gasteiger partial charge in [-0.25, -0.2) is 0 Å². The monoisotopic (exact) mass is 224 g/mol. The zero-order valence-electron chi connectivity index (χ0n) is 9.65. The van der Waals surface area contributed by atoms with E-state index in [-0.39, 0.29) is 18.6 Å². The van der Waals surface area contributed by atoms with E-state index in [4.69, 9.17) is 4.74 Å². The molecule has 3 aliphatic rings. The van der Waals surface area contributed by atoms with E-state index in [9.17, 15) is 4.79 Å². The Morgan fingerprint density at radius 2 is 2.12 bits per heavy atom. The molecule has 2 saturated heterocycles. The average Bonchev–Trinajstić information content (AvgIpc) is 2.92.